The lowest BCUT2D eigenvalue weighted by molar-refractivity contribution is -0.384. The molecular weight excluding hydrogens is 296 g/mol. The molecule has 0 N–H and O–H groups in total. The Labute approximate surface area is 136 Å². The summed E-state index contributed by atoms with van der Waals surface area (Å²) in [5.74, 6) is 0.273. The first kappa shape index (κ1) is 20.2. The molecule has 124 valence electrons. The predicted molar refractivity (Wildman–Crippen MR) is 90.4 cm³/mol. The van der Waals surface area contributed by atoms with Crippen molar-refractivity contribution in [1.82, 2.24) is 4.90 Å². The maximum Gasteiger partial charge on any atom is 0.269 e. The van der Waals surface area contributed by atoms with Crippen LogP contribution in [0.25, 0.3) is 0 Å². The summed E-state index contributed by atoms with van der Waals surface area (Å²) >= 11 is 0. The van der Waals surface area contributed by atoms with E-state index >= 15 is 0 Å². The van der Waals surface area contributed by atoms with E-state index in [4.69, 9.17) is 0 Å². The van der Waals surface area contributed by atoms with Gasteiger partial charge >= 0.3 is 0 Å². The molecule has 0 bridgehead atoms. The molecular formula is C17H22N2O4. The number of aldehydes is 1. The molecule has 1 aromatic rings. The van der Waals surface area contributed by atoms with Gasteiger partial charge in [-0.05, 0) is 26.0 Å². The summed E-state index contributed by atoms with van der Waals surface area (Å²) in [5.41, 5.74) is 0.436. The molecule has 0 radical (unpaired) electrons. The van der Waals surface area contributed by atoms with Gasteiger partial charge in [0.25, 0.3) is 5.69 Å². The van der Waals surface area contributed by atoms with Crippen LogP contribution in [0.4, 0.5) is 5.69 Å². The van der Waals surface area contributed by atoms with Crippen molar-refractivity contribution in [2.45, 2.75) is 20.3 Å². The zero-order chi connectivity index (χ0) is 17.7. The molecule has 0 unspecified atom stereocenters. The maximum atomic E-state index is 10.2. The summed E-state index contributed by atoms with van der Waals surface area (Å²) in [6.45, 7) is 4.96. The van der Waals surface area contributed by atoms with Crippen LogP contribution in [0.2, 0.25) is 0 Å². The molecule has 1 aromatic carbocycles. The van der Waals surface area contributed by atoms with Crippen LogP contribution in [-0.4, -0.2) is 35.6 Å². The van der Waals surface area contributed by atoms with E-state index in [0.29, 0.717) is 11.8 Å². The van der Waals surface area contributed by atoms with Crippen molar-refractivity contribution in [2.24, 2.45) is 0 Å². The highest BCUT2D eigenvalue weighted by Gasteiger charge is 2.17. The van der Waals surface area contributed by atoms with E-state index < -0.39 is 4.92 Å². The molecule has 6 nitrogen and oxygen atoms in total. The lowest BCUT2D eigenvalue weighted by atomic mass is 10.2. The summed E-state index contributed by atoms with van der Waals surface area (Å²) < 4.78 is 0. The number of β-lactam (4-membered cyclic amide) rings is 1. The first-order valence-electron chi connectivity index (χ1n) is 7.13. The van der Waals surface area contributed by atoms with Crippen LogP contribution in [0.1, 0.15) is 30.6 Å². The van der Waals surface area contributed by atoms with E-state index in [0.717, 1.165) is 13.0 Å². The van der Waals surface area contributed by atoms with Gasteiger partial charge in [-0.15, -0.1) is 0 Å². The number of likely N-dealkylation sites (tertiary alicyclic amines) is 1. The first-order valence-corrected chi connectivity index (χ1v) is 7.13. The highest BCUT2D eigenvalue weighted by atomic mass is 16.6. The fourth-order valence-electron chi connectivity index (χ4n) is 1.32. The van der Waals surface area contributed by atoms with Gasteiger partial charge in [-0.25, -0.2) is 0 Å². The molecule has 1 heterocycles. The Hall–Kier alpha value is -2.76. The number of hydrogen-bond donors (Lipinski definition) is 0. The van der Waals surface area contributed by atoms with E-state index in [-0.39, 0.29) is 11.6 Å². The molecule has 0 aliphatic carbocycles. The summed E-state index contributed by atoms with van der Waals surface area (Å²) in [6.07, 6.45) is 9.40. The first-order chi connectivity index (χ1) is 11.0. The smallest absolute Gasteiger partial charge is 0.269 e. The third-order valence-corrected chi connectivity index (χ3v) is 2.82. The standard InChI is InChI=1S/C7H5NO3.C6H10.C4H7NO/c9-5-6-1-3-7(4-2-6)8(10)11;1-3-5-6-4-2;1-5-3-2-4(5)6/h1-5H;3-6H,1-2H3;2-3H2,1H3/b;5-3-,6-4-;. The summed E-state index contributed by atoms with van der Waals surface area (Å²) in [4.78, 5) is 31.6. The minimum atomic E-state index is -0.505. The number of carbonyl (C=O) groups is 2. The van der Waals surface area contributed by atoms with Gasteiger partial charge in [0, 0.05) is 37.7 Å². The van der Waals surface area contributed by atoms with Crippen molar-refractivity contribution in [1.29, 1.82) is 0 Å². The Kier molecular flexibility index (Phi) is 10.4. The van der Waals surface area contributed by atoms with Crippen LogP contribution in [-0.2, 0) is 4.79 Å². The monoisotopic (exact) mass is 318 g/mol. The minimum absolute atomic E-state index is 0.00407. The third kappa shape index (κ3) is 8.98. The fraction of sp³-hybridized carbons (Fsp3) is 0.294. The number of carbonyl (C=O) groups excluding carboxylic acids is 2. The molecule has 1 aliphatic heterocycles. The third-order valence-electron chi connectivity index (χ3n) is 2.82. The van der Waals surface area contributed by atoms with E-state index in [2.05, 4.69) is 0 Å². The van der Waals surface area contributed by atoms with Gasteiger partial charge in [-0.3, -0.25) is 19.7 Å². The zero-order valence-electron chi connectivity index (χ0n) is 13.6. The number of amides is 1. The van der Waals surface area contributed by atoms with Crippen molar-refractivity contribution >= 4 is 17.9 Å². The molecule has 0 saturated carbocycles. The van der Waals surface area contributed by atoms with Gasteiger partial charge in [-0.1, -0.05) is 24.3 Å². The highest BCUT2D eigenvalue weighted by molar-refractivity contribution is 5.81. The summed E-state index contributed by atoms with van der Waals surface area (Å²) in [5, 5.41) is 10.1. The topological polar surface area (TPSA) is 80.5 Å². The molecule has 23 heavy (non-hydrogen) atoms. The minimum Gasteiger partial charge on any atom is -0.345 e. The number of nitrogens with zero attached hydrogens (tertiary/aromatic N) is 2. The SMILES string of the molecule is C/C=C\C=C/C.CN1CCC1=O.O=Cc1ccc([N+](=O)[O-])cc1. The molecule has 6 heteroatoms. The van der Waals surface area contributed by atoms with E-state index in [1.54, 1.807) is 4.90 Å². The van der Waals surface area contributed by atoms with Crippen LogP contribution < -0.4 is 0 Å². The van der Waals surface area contributed by atoms with Crippen molar-refractivity contribution in [3.05, 3.63) is 64.2 Å². The highest BCUT2D eigenvalue weighted by Crippen LogP contribution is 2.10. The number of non-ortho nitro benzene ring substituents is 1. The number of rotatable bonds is 3. The molecule has 1 saturated heterocycles. The van der Waals surface area contributed by atoms with Crippen LogP contribution >= 0.6 is 0 Å². The Morgan fingerprint density at radius 3 is 1.83 bits per heavy atom. The second-order valence-electron chi connectivity index (χ2n) is 4.58. The number of allylic oxidation sites excluding steroid dienone is 4. The Morgan fingerprint density at radius 1 is 1.13 bits per heavy atom. The van der Waals surface area contributed by atoms with Gasteiger partial charge in [0.05, 0.1) is 4.92 Å². The van der Waals surface area contributed by atoms with Crippen LogP contribution in [0.3, 0.4) is 0 Å². The largest absolute Gasteiger partial charge is 0.345 e. The average molecular weight is 318 g/mol. The van der Waals surface area contributed by atoms with E-state index in [9.17, 15) is 19.7 Å². The second kappa shape index (κ2) is 11.9. The van der Waals surface area contributed by atoms with Crippen molar-refractivity contribution < 1.29 is 14.5 Å². The van der Waals surface area contributed by atoms with Gasteiger partial charge in [0.1, 0.15) is 6.29 Å². The van der Waals surface area contributed by atoms with Crippen molar-refractivity contribution in [3.8, 4) is 0 Å². The molecule has 2 rings (SSSR count). The van der Waals surface area contributed by atoms with Gasteiger partial charge in [0.15, 0.2) is 0 Å². The number of hydrogen-bond acceptors (Lipinski definition) is 4. The van der Waals surface area contributed by atoms with Gasteiger partial charge in [-0.2, -0.15) is 0 Å². The van der Waals surface area contributed by atoms with Gasteiger partial charge in [0.2, 0.25) is 5.91 Å². The Morgan fingerprint density at radius 2 is 1.61 bits per heavy atom. The molecule has 1 fully saturated rings. The zero-order valence-corrected chi connectivity index (χ0v) is 13.6. The average Bonchev–Trinajstić information content (AvgIpc) is 2.59. The quantitative estimate of drug-likeness (QED) is 0.281. The molecule has 0 spiro atoms. The van der Waals surface area contributed by atoms with Crippen molar-refractivity contribution in [3.63, 3.8) is 0 Å². The maximum absolute atomic E-state index is 10.2. The number of benzene rings is 1. The molecule has 0 atom stereocenters. The van der Waals surface area contributed by atoms with E-state index in [1.807, 2.05) is 45.2 Å². The molecule has 1 aliphatic rings. The van der Waals surface area contributed by atoms with E-state index in [1.165, 1.54) is 24.3 Å². The fourth-order valence-corrected chi connectivity index (χ4v) is 1.32. The van der Waals surface area contributed by atoms with Gasteiger partial charge < -0.3 is 4.90 Å². The van der Waals surface area contributed by atoms with Crippen LogP contribution in [0, 0.1) is 10.1 Å². The summed E-state index contributed by atoms with van der Waals surface area (Å²) in [6, 6.07) is 5.41. The Balaban J connectivity index is 0.000000344. The number of nitro groups is 1. The van der Waals surface area contributed by atoms with Crippen LogP contribution in [0.15, 0.2) is 48.6 Å². The molecule has 0 aromatic heterocycles. The molecule has 1 amide bonds. The van der Waals surface area contributed by atoms with Crippen molar-refractivity contribution in [2.75, 3.05) is 13.6 Å². The lowest BCUT2D eigenvalue weighted by Gasteiger charge is -2.24. The predicted octanol–water partition coefficient (Wildman–Crippen LogP) is 3.39. The second-order valence-corrected chi connectivity index (χ2v) is 4.58. The summed E-state index contributed by atoms with van der Waals surface area (Å²) in [7, 11) is 1.81. The normalized spacial score (nSPS) is 12.8. The Bertz CT molecular complexity index is 552. The van der Waals surface area contributed by atoms with Crippen LogP contribution in [0.5, 0.6) is 0 Å². The lowest BCUT2D eigenvalue weighted by Crippen LogP contribution is -2.39. The number of nitro benzene ring substituents is 1.